The highest BCUT2D eigenvalue weighted by atomic mass is 35.5. The van der Waals surface area contributed by atoms with Crippen molar-refractivity contribution in [3.8, 4) is 0 Å². The summed E-state index contributed by atoms with van der Waals surface area (Å²) in [6, 6.07) is 13.8. The van der Waals surface area contributed by atoms with Gasteiger partial charge in [0.25, 0.3) is 0 Å². The molecule has 1 N–H and O–H groups in total. The summed E-state index contributed by atoms with van der Waals surface area (Å²) >= 11 is 6.15. The zero-order valence-electron chi connectivity index (χ0n) is 11.1. The predicted octanol–water partition coefficient (Wildman–Crippen LogP) is 3.23. The van der Waals surface area contributed by atoms with E-state index in [4.69, 9.17) is 11.6 Å². The fourth-order valence-corrected chi connectivity index (χ4v) is 2.35. The Morgan fingerprint density at radius 3 is 2.80 bits per heavy atom. The molecule has 1 unspecified atom stereocenters. The minimum absolute atomic E-state index is 0.0867. The fraction of sp³-hybridized carbons (Fsp3) is 0.200. The van der Waals surface area contributed by atoms with Crippen LogP contribution >= 0.6 is 11.6 Å². The molecule has 0 spiro atoms. The first-order chi connectivity index (χ1) is 9.75. The van der Waals surface area contributed by atoms with E-state index in [9.17, 15) is 0 Å². The van der Waals surface area contributed by atoms with Gasteiger partial charge in [0.2, 0.25) is 0 Å². The molecule has 1 aromatic carbocycles. The number of nitrogens with one attached hydrogen (secondary N) is 1. The minimum atomic E-state index is 0.0867. The number of halogens is 1. The Labute approximate surface area is 122 Å². The van der Waals surface area contributed by atoms with Gasteiger partial charge in [-0.15, -0.1) is 10.2 Å². The molecule has 20 heavy (non-hydrogen) atoms. The van der Waals surface area contributed by atoms with Crippen LogP contribution in [0.1, 0.15) is 24.4 Å². The third-order valence-electron chi connectivity index (χ3n) is 3.28. The highest BCUT2D eigenvalue weighted by Crippen LogP contribution is 2.17. The SMILES string of the molecule is CC(NCc1ccccc1Cl)c1nnc2ccccn12. The van der Waals surface area contributed by atoms with E-state index >= 15 is 0 Å². The number of aromatic nitrogens is 3. The molecule has 102 valence electrons. The first-order valence-electron chi connectivity index (χ1n) is 6.52. The van der Waals surface area contributed by atoms with Crippen molar-refractivity contribution in [1.29, 1.82) is 0 Å². The first-order valence-corrected chi connectivity index (χ1v) is 6.90. The molecule has 3 aromatic rings. The number of fused-ring (bicyclic) bond motifs is 1. The number of hydrogen-bond donors (Lipinski definition) is 1. The van der Waals surface area contributed by atoms with Crippen molar-refractivity contribution >= 4 is 17.2 Å². The maximum atomic E-state index is 6.15. The van der Waals surface area contributed by atoms with Gasteiger partial charge < -0.3 is 5.32 Å². The van der Waals surface area contributed by atoms with Gasteiger partial charge in [0.1, 0.15) is 0 Å². The Balaban J connectivity index is 1.77. The van der Waals surface area contributed by atoms with Crippen LogP contribution in [0.3, 0.4) is 0 Å². The molecular weight excluding hydrogens is 272 g/mol. The summed E-state index contributed by atoms with van der Waals surface area (Å²) < 4.78 is 1.99. The third-order valence-corrected chi connectivity index (χ3v) is 3.65. The lowest BCUT2D eigenvalue weighted by atomic mass is 10.2. The van der Waals surface area contributed by atoms with Gasteiger partial charge in [0, 0.05) is 17.8 Å². The topological polar surface area (TPSA) is 42.2 Å². The van der Waals surface area contributed by atoms with Gasteiger partial charge in [-0.25, -0.2) is 0 Å². The van der Waals surface area contributed by atoms with E-state index in [0.29, 0.717) is 6.54 Å². The van der Waals surface area contributed by atoms with Gasteiger partial charge >= 0.3 is 0 Å². The molecular formula is C15H15ClN4. The van der Waals surface area contributed by atoms with Gasteiger partial charge in [0.05, 0.1) is 6.04 Å². The van der Waals surface area contributed by atoms with E-state index < -0.39 is 0 Å². The van der Waals surface area contributed by atoms with Crippen molar-refractivity contribution in [1.82, 2.24) is 19.9 Å². The monoisotopic (exact) mass is 286 g/mol. The van der Waals surface area contributed by atoms with Crippen molar-refractivity contribution < 1.29 is 0 Å². The first kappa shape index (κ1) is 13.1. The molecule has 0 aliphatic rings. The molecule has 1 atom stereocenters. The number of rotatable bonds is 4. The Kier molecular flexibility index (Phi) is 3.67. The smallest absolute Gasteiger partial charge is 0.160 e. The summed E-state index contributed by atoms with van der Waals surface area (Å²) in [6.07, 6.45) is 1.97. The lowest BCUT2D eigenvalue weighted by Crippen LogP contribution is -2.20. The van der Waals surface area contributed by atoms with Crippen LogP contribution in [0, 0.1) is 0 Å². The van der Waals surface area contributed by atoms with Gasteiger partial charge in [-0.05, 0) is 30.7 Å². The van der Waals surface area contributed by atoms with Gasteiger partial charge in [-0.3, -0.25) is 4.40 Å². The van der Waals surface area contributed by atoms with E-state index in [0.717, 1.165) is 22.1 Å². The van der Waals surface area contributed by atoms with Crippen molar-refractivity contribution in [2.24, 2.45) is 0 Å². The molecule has 2 aromatic heterocycles. The second-order valence-electron chi connectivity index (χ2n) is 4.68. The van der Waals surface area contributed by atoms with Crippen LogP contribution in [0.15, 0.2) is 48.7 Å². The van der Waals surface area contributed by atoms with E-state index in [-0.39, 0.29) is 6.04 Å². The average molecular weight is 287 g/mol. The Hall–Kier alpha value is -1.91. The molecule has 0 saturated heterocycles. The van der Waals surface area contributed by atoms with Crippen LogP contribution < -0.4 is 5.32 Å². The Morgan fingerprint density at radius 2 is 1.95 bits per heavy atom. The zero-order valence-corrected chi connectivity index (χ0v) is 11.9. The van der Waals surface area contributed by atoms with E-state index in [1.165, 1.54) is 0 Å². The molecule has 5 heteroatoms. The second-order valence-corrected chi connectivity index (χ2v) is 5.09. The number of benzene rings is 1. The lowest BCUT2D eigenvalue weighted by molar-refractivity contribution is 0.541. The molecule has 0 aliphatic carbocycles. The molecule has 0 saturated carbocycles. The number of nitrogens with zero attached hydrogens (tertiary/aromatic N) is 3. The van der Waals surface area contributed by atoms with Crippen LogP contribution in [0.5, 0.6) is 0 Å². The van der Waals surface area contributed by atoms with Gasteiger partial charge in [-0.2, -0.15) is 0 Å². The van der Waals surface area contributed by atoms with Crippen LogP contribution in [-0.4, -0.2) is 14.6 Å². The Morgan fingerprint density at radius 1 is 1.15 bits per heavy atom. The normalized spacial score (nSPS) is 12.7. The largest absolute Gasteiger partial charge is 0.303 e. The quantitative estimate of drug-likeness (QED) is 0.801. The third kappa shape index (κ3) is 2.53. The van der Waals surface area contributed by atoms with Crippen molar-refractivity contribution in [2.45, 2.75) is 19.5 Å². The average Bonchev–Trinajstić information content (AvgIpc) is 2.90. The molecule has 0 amide bonds. The van der Waals surface area contributed by atoms with Gasteiger partial charge in [0.15, 0.2) is 11.5 Å². The summed E-state index contributed by atoms with van der Waals surface area (Å²) in [5.41, 5.74) is 1.93. The van der Waals surface area contributed by atoms with E-state index in [1.807, 2.05) is 53.1 Å². The van der Waals surface area contributed by atoms with E-state index in [2.05, 4.69) is 22.4 Å². The number of pyridine rings is 1. The summed E-state index contributed by atoms with van der Waals surface area (Å²) in [4.78, 5) is 0. The minimum Gasteiger partial charge on any atom is -0.303 e. The molecule has 0 fully saturated rings. The van der Waals surface area contributed by atoms with Crippen molar-refractivity contribution in [3.05, 3.63) is 65.1 Å². The zero-order chi connectivity index (χ0) is 13.9. The lowest BCUT2D eigenvalue weighted by Gasteiger charge is -2.13. The summed E-state index contributed by atoms with van der Waals surface area (Å²) in [7, 11) is 0. The maximum Gasteiger partial charge on any atom is 0.160 e. The van der Waals surface area contributed by atoms with Crippen molar-refractivity contribution in [3.63, 3.8) is 0 Å². The molecule has 0 bridgehead atoms. The van der Waals surface area contributed by atoms with Crippen LogP contribution in [0.25, 0.3) is 5.65 Å². The molecule has 2 heterocycles. The summed E-state index contributed by atoms with van der Waals surface area (Å²) in [5, 5.41) is 12.6. The highest BCUT2D eigenvalue weighted by Gasteiger charge is 2.12. The highest BCUT2D eigenvalue weighted by molar-refractivity contribution is 6.31. The molecule has 4 nitrogen and oxygen atoms in total. The Bertz CT molecular complexity index is 722. The predicted molar refractivity (Wildman–Crippen MR) is 79.7 cm³/mol. The standard InChI is InChI=1S/C15H15ClN4/c1-11(17-10-12-6-2-3-7-13(12)16)15-19-18-14-8-4-5-9-20(14)15/h2-9,11,17H,10H2,1H3. The van der Waals surface area contributed by atoms with Crippen LogP contribution in [-0.2, 0) is 6.54 Å². The molecule has 3 rings (SSSR count). The summed E-state index contributed by atoms with van der Waals surface area (Å²) in [5.74, 6) is 0.896. The van der Waals surface area contributed by atoms with Crippen LogP contribution in [0.4, 0.5) is 0 Å². The van der Waals surface area contributed by atoms with E-state index in [1.54, 1.807) is 0 Å². The maximum absolute atomic E-state index is 6.15. The second kappa shape index (κ2) is 5.61. The van der Waals surface area contributed by atoms with Crippen LogP contribution in [0.2, 0.25) is 5.02 Å². The summed E-state index contributed by atoms with van der Waals surface area (Å²) in [6.45, 7) is 2.77. The molecule has 0 radical (unpaired) electrons. The number of hydrogen-bond acceptors (Lipinski definition) is 3. The fourth-order valence-electron chi connectivity index (χ4n) is 2.15. The van der Waals surface area contributed by atoms with Gasteiger partial charge in [-0.1, -0.05) is 35.9 Å². The molecule has 0 aliphatic heterocycles. The van der Waals surface area contributed by atoms with Crippen molar-refractivity contribution in [2.75, 3.05) is 0 Å².